The summed E-state index contributed by atoms with van der Waals surface area (Å²) in [7, 11) is 0. The second kappa shape index (κ2) is 8.87. The van der Waals surface area contributed by atoms with Crippen LogP contribution >= 0.6 is 11.8 Å². The Morgan fingerprint density at radius 1 is 1.09 bits per heavy atom. The molecular formula is C24H29F3N2O4S. The predicted molar refractivity (Wildman–Crippen MR) is 122 cm³/mol. The summed E-state index contributed by atoms with van der Waals surface area (Å²) in [5, 5.41) is 21.0. The maximum Gasteiger partial charge on any atom is 0.421 e. The molecule has 2 aliphatic carbocycles. The van der Waals surface area contributed by atoms with Crippen LogP contribution < -0.4 is 5.73 Å². The molecule has 186 valence electrons. The van der Waals surface area contributed by atoms with E-state index in [2.05, 4.69) is 0 Å². The summed E-state index contributed by atoms with van der Waals surface area (Å²) in [5.74, 6) is -0.734. The van der Waals surface area contributed by atoms with Gasteiger partial charge in [-0.15, -0.1) is 11.8 Å². The average Bonchev–Trinajstić information content (AvgIpc) is 3.47. The average molecular weight is 499 g/mol. The Kier molecular flexibility index (Phi) is 6.54. The van der Waals surface area contributed by atoms with Crippen LogP contribution in [0.2, 0.25) is 0 Å². The van der Waals surface area contributed by atoms with Gasteiger partial charge in [0.15, 0.2) is 5.60 Å². The standard InChI is InChI=1S/C24H29F3N2O4S/c1-22(32,24(25,26)27)15-4-2-14(3-5-15)21(31)29(16-6-7-16)17-10-12-23(33,13-11-17)19-9-8-18(34-19)20(28)30/h2-5,8,16-17,19,32-33H,6-7,9-13H2,1H3,(H2,28,30)/t17-,19?,22-,23+/m0/s1. The van der Waals surface area contributed by atoms with E-state index in [1.54, 1.807) is 6.08 Å². The van der Waals surface area contributed by atoms with E-state index in [1.165, 1.54) is 23.9 Å². The minimum absolute atomic E-state index is 0.0757. The van der Waals surface area contributed by atoms with Crippen molar-refractivity contribution in [2.45, 2.75) is 86.6 Å². The maximum absolute atomic E-state index is 13.3. The van der Waals surface area contributed by atoms with Gasteiger partial charge in [-0.25, -0.2) is 0 Å². The van der Waals surface area contributed by atoms with Crippen LogP contribution in [0.25, 0.3) is 0 Å². The molecule has 4 N–H and O–H groups in total. The van der Waals surface area contributed by atoms with Gasteiger partial charge in [-0.05, 0) is 69.6 Å². The summed E-state index contributed by atoms with van der Waals surface area (Å²) in [6.07, 6.45) is 1.42. The number of nitrogens with zero attached hydrogens (tertiary/aromatic N) is 1. The van der Waals surface area contributed by atoms with Gasteiger partial charge in [0, 0.05) is 22.9 Å². The van der Waals surface area contributed by atoms with Crippen LogP contribution in [0.5, 0.6) is 0 Å². The van der Waals surface area contributed by atoms with Gasteiger partial charge < -0.3 is 20.8 Å². The number of allylic oxidation sites excluding steroid dienone is 1. The highest BCUT2D eigenvalue weighted by Gasteiger charge is 2.51. The summed E-state index contributed by atoms with van der Waals surface area (Å²) in [6, 6.07) is 4.97. The molecule has 2 fully saturated rings. The molecule has 6 nitrogen and oxygen atoms in total. The first kappa shape index (κ1) is 25.1. The van der Waals surface area contributed by atoms with E-state index in [1.807, 2.05) is 4.90 Å². The van der Waals surface area contributed by atoms with E-state index in [-0.39, 0.29) is 34.4 Å². The number of hydrogen-bond donors (Lipinski definition) is 3. The summed E-state index contributed by atoms with van der Waals surface area (Å²) in [6.45, 7) is 0.689. The van der Waals surface area contributed by atoms with Crippen LogP contribution in [-0.4, -0.2) is 56.0 Å². The molecule has 1 heterocycles. The molecule has 1 unspecified atom stereocenters. The van der Waals surface area contributed by atoms with Crippen LogP contribution in [0.15, 0.2) is 35.2 Å². The third kappa shape index (κ3) is 4.72. The molecule has 0 radical (unpaired) electrons. The van der Waals surface area contributed by atoms with Gasteiger partial charge in [-0.2, -0.15) is 13.2 Å². The molecule has 10 heteroatoms. The van der Waals surface area contributed by atoms with Crippen molar-refractivity contribution < 1.29 is 33.0 Å². The van der Waals surface area contributed by atoms with E-state index in [4.69, 9.17) is 5.73 Å². The Hall–Kier alpha value is -2.04. The largest absolute Gasteiger partial charge is 0.421 e. The van der Waals surface area contributed by atoms with Gasteiger partial charge in [-0.1, -0.05) is 18.2 Å². The lowest BCUT2D eigenvalue weighted by atomic mass is 9.78. The lowest BCUT2D eigenvalue weighted by Crippen LogP contribution is -2.50. The van der Waals surface area contributed by atoms with Crippen molar-refractivity contribution in [3.8, 4) is 0 Å². The smallest absolute Gasteiger partial charge is 0.389 e. The number of primary amides is 1. The molecule has 0 bridgehead atoms. The van der Waals surface area contributed by atoms with Gasteiger partial charge in [-0.3, -0.25) is 9.59 Å². The van der Waals surface area contributed by atoms with Crippen LogP contribution in [0.3, 0.4) is 0 Å². The highest BCUT2D eigenvalue weighted by Crippen LogP contribution is 2.46. The third-order valence-corrected chi connectivity index (χ3v) is 8.80. The number of alkyl halides is 3. The van der Waals surface area contributed by atoms with Crippen LogP contribution in [-0.2, 0) is 10.4 Å². The normalized spacial score (nSPS) is 29.3. The predicted octanol–water partition coefficient (Wildman–Crippen LogP) is 3.61. The van der Waals surface area contributed by atoms with Crippen molar-refractivity contribution in [1.29, 1.82) is 0 Å². The number of benzene rings is 1. The Balaban J connectivity index is 1.44. The second-order valence-electron chi connectivity index (χ2n) is 9.70. The number of halogens is 3. The quantitative estimate of drug-likeness (QED) is 0.556. The van der Waals surface area contributed by atoms with Gasteiger partial charge in [0.2, 0.25) is 0 Å². The first-order valence-electron chi connectivity index (χ1n) is 11.4. The van der Waals surface area contributed by atoms with Crippen molar-refractivity contribution >= 4 is 23.6 Å². The zero-order valence-electron chi connectivity index (χ0n) is 18.8. The Bertz CT molecular complexity index is 981. The molecule has 0 aromatic heterocycles. The van der Waals surface area contributed by atoms with Crippen molar-refractivity contribution in [3.63, 3.8) is 0 Å². The number of rotatable bonds is 6. The maximum atomic E-state index is 13.3. The molecule has 0 saturated heterocycles. The van der Waals surface area contributed by atoms with E-state index in [0.717, 1.165) is 25.0 Å². The van der Waals surface area contributed by atoms with Gasteiger partial charge in [0.1, 0.15) is 0 Å². The fourth-order valence-electron chi connectivity index (χ4n) is 4.89. The highest BCUT2D eigenvalue weighted by molar-refractivity contribution is 8.04. The number of nitrogens with two attached hydrogens (primary N) is 1. The van der Waals surface area contributed by atoms with Gasteiger partial charge >= 0.3 is 6.18 Å². The Morgan fingerprint density at radius 3 is 2.12 bits per heavy atom. The highest BCUT2D eigenvalue weighted by atomic mass is 32.2. The second-order valence-corrected chi connectivity index (χ2v) is 10.9. The Morgan fingerprint density at radius 2 is 1.65 bits per heavy atom. The SMILES string of the molecule is C[C@](O)(c1ccc(C(=O)N(C2CC2)[C@H]2CC[C@](O)(C3CC=C(C(N)=O)S3)CC2)cc1)C(F)(F)F. The summed E-state index contributed by atoms with van der Waals surface area (Å²) < 4.78 is 39.4. The zero-order valence-corrected chi connectivity index (χ0v) is 19.7. The van der Waals surface area contributed by atoms with E-state index >= 15 is 0 Å². The fraction of sp³-hybridized carbons (Fsp3) is 0.583. The van der Waals surface area contributed by atoms with Gasteiger partial charge in [0.25, 0.3) is 11.8 Å². The number of carbonyl (C=O) groups excluding carboxylic acids is 2. The molecule has 4 rings (SSSR count). The summed E-state index contributed by atoms with van der Waals surface area (Å²) in [5.41, 5.74) is 1.36. The molecular weight excluding hydrogens is 469 g/mol. The number of aliphatic hydroxyl groups is 2. The van der Waals surface area contributed by atoms with Crippen molar-refractivity contribution in [1.82, 2.24) is 4.90 Å². The van der Waals surface area contributed by atoms with Crippen molar-refractivity contribution in [3.05, 3.63) is 46.4 Å². The first-order valence-corrected chi connectivity index (χ1v) is 12.3. The lowest BCUT2D eigenvalue weighted by molar-refractivity contribution is -0.258. The number of amides is 2. The lowest BCUT2D eigenvalue weighted by Gasteiger charge is -2.43. The molecule has 3 aliphatic rings. The van der Waals surface area contributed by atoms with Crippen LogP contribution in [0.1, 0.15) is 67.8 Å². The molecule has 34 heavy (non-hydrogen) atoms. The number of hydrogen-bond acceptors (Lipinski definition) is 5. The third-order valence-electron chi connectivity index (χ3n) is 7.26. The number of carbonyl (C=O) groups is 2. The van der Waals surface area contributed by atoms with E-state index in [9.17, 15) is 33.0 Å². The minimum atomic E-state index is -4.83. The van der Waals surface area contributed by atoms with Crippen LogP contribution in [0.4, 0.5) is 13.2 Å². The fourth-order valence-corrected chi connectivity index (χ4v) is 6.15. The van der Waals surface area contributed by atoms with Crippen molar-refractivity contribution in [2.24, 2.45) is 5.73 Å². The molecule has 2 atom stereocenters. The zero-order chi connectivity index (χ0) is 24.9. The van der Waals surface area contributed by atoms with Gasteiger partial charge in [0.05, 0.1) is 10.5 Å². The summed E-state index contributed by atoms with van der Waals surface area (Å²) in [4.78, 5) is 27.1. The molecule has 0 spiro atoms. The summed E-state index contributed by atoms with van der Waals surface area (Å²) >= 11 is 1.32. The van der Waals surface area contributed by atoms with E-state index in [0.29, 0.717) is 43.9 Å². The number of thioether (sulfide) groups is 1. The van der Waals surface area contributed by atoms with E-state index < -0.39 is 23.3 Å². The Labute approximate surface area is 200 Å². The molecule has 1 aromatic rings. The van der Waals surface area contributed by atoms with Crippen LogP contribution in [0, 0.1) is 0 Å². The minimum Gasteiger partial charge on any atom is -0.389 e. The molecule has 1 aromatic carbocycles. The first-order chi connectivity index (χ1) is 15.8. The molecule has 2 amide bonds. The molecule has 1 aliphatic heterocycles. The molecule has 2 saturated carbocycles. The monoisotopic (exact) mass is 498 g/mol. The van der Waals surface area contributed by atoms with Crippen molar-refractivity contribution in [2.75, 3.05) is 0 Å². The topological polar surface area (TPSA) is 104 Å².